The Balaban J connectivity index is 1.37. The van der Waals surface area contributed by atoms with E-state index in [1.165, 1.54) is 4.31 Å². The van der Waals surface area contributed by atoms with Crippen LogP contribution in [-0.4, -0.2) is 56.3 Å². The molecule has 1 fully saturated rings. The third-order valence-corrected chi connectivity index (χ3v) is 7.26. The summed E-state index contributed by atoms with van der Waals surface area (Å²) < 4.78 is 67.4. The van der Waals surface area contributed by atoms with Gasteiger partial charge in [-0.1, -0.05) is 30.3 Å². The number of halogens is 3. The van der Waals surface area contributed by atoms with Crippen LogP contribution in [0.2, 0.25) is 0 Å². The summed E-state index contributed by atoms with van der Waals surface area (Å²) in [6, 6.07) is 14.1. The number of benzene rings is 3. The van der Waals surface area contributed by atoms with Crippen LogP contribution in [0, 0.1) is 17.5 Å². The zero-order valence-corrected chi connectivity index (χ0v) is 17.7. The topological polar surface area (TPSA) is 69.7 Å². The minimum atomic E-state index is -3.69. The molecule has 0 atom stereocenters. The van der Waals surface area contributed by atoms with Gasteiger partial charge in [-0.3, -0.25) is 9.69 Å². The van der Waals surface area contributed by atoms with Crippen molar-refractivity contribution < 1.29 is 26.4 Å². The molecule has 1 saturated heterocycles. The summed E-state index contributed by atoms with van der Waals surface area (Å²) >= 11 is 0. The number of fused-ring (bicyclic) bond motifs is 1. The third kappa shape index (κ3) is 4.47. The van der Waals surface area contributed by atoms with Crippen molar-refractivity contribution in [2.75, 3.05) is 38.0 Å². The lowest BCUT2D eigenvalue weighted by Crippen LogP contribution is -2.50. The molecule has 32 heavy (non-hydrogen) atoms. The maximum atomic E-state index is 13.7. The number of carbonyl (C=O) groups is 1. The van der Waals surface area contributed by atoms with E-state index in [0.29, 0.717) is 13.1 Å². The quantitative estimate of drug-likeness (QED) is 0.590. The fourth-order valence-corrected chi connectivity index (χ4v) is 5.08. The lowest BCUT2D eigenvalue weighted by atomic mass is 10.1. The van der Waals surface area contributed by atoms with Crippen LogP contribution in [0.15, 0.2) is 59.5 Å². The van der Waals surface area contributed by atoms with Gasteiger partial charge in [-0.25, -0.2) is 21.6 Å². The highest BCUT2D eigenvalue weighted by Gasteiger charge is 2.29. The minimum Gasteiger partial charge on any atom is -0.322 e. The van der Waals surface area contributed by atoms with Crippen molar-refractivity contribution in [1.82, 2.24) is 9.21 Å². The lowest BCUT2D eigenvalue weighted by Gasteiger charge is -2.33. The van der Waals surface area contributed by atoms with Crippen molar-refractivity contribution in [1.29, 1.82) is 0 Å². The van der Waals surface area contributed by atoms with E-state index in [2.05, 4.69) is 5.32 Å². The highest BCUT2D eigenvalue weighted by molar-refractivity contribution is 7.89. The fraction of sp³-hybridized carbons (Fsp3) is 0.227. The van der Waals surface area contributed by atoms with E-state index in [1.54, 1.807) is 23.1 Å². The summed E-state index contributed by atoms with van der Waals surface area (Å²) in [6.07, 6.45) is 0. The molecule has 0 radical (unpaired) electrons. The molecule has 1 heterocycles. The first-order chi connectivity index (χ1) is 15.3. The zero-order chi connectivity index (χ0) is 22.9. The number of sulfonamides is 1. The van der Waals surface area contributed by atoms with Gasteiger partial charge in [0.25, 0.3) is 0 Å². The second kappa shape index (κ2) is 8.89. The van der Waals surface area contributed by atoms with Gasteiger partial charge < -0.3 is 5.32 Å². The molecule has 6 nitrogen and oxygen atoms in total. The van der Waals surface area contributed by atoms with Gasteiger partial charge in [-0.05, 0) is 35.0 Å². The summed E-state index contributed by atoms with van der Waals surface area (Å²) in [6.45, 7) is 0.813. The van der Waals surface area contributed by atoms with Crippen LogP contribution in [0.4, 0.5) is 18.9 Å². The van der Waals surface area contributed by atoms with E-state index in [0.717, 1.165) is 22.9 Å². The van der Waals surface area contributed by atoms with Gasteiger partial charge in [-0.2, -0.15) is 4.31 Å². The summed E-state index contributed by atoms with van der Waals surface area (Å²) in [5, 5.41) is 3.99. The number of hydrogen-bond donors (Lipinski definition) is 1. The smallest absolute Gasteiger partial charge is 0.243 e. The van der Waals surface area contributed by atoms with Crippen molar-refractivity contribution in [3.63, 3.8) is 0 Å². The fourth-order valence-electron chi connectivity index (χ4n) is 3.62. The average molecular weight is 463 g/mol. The first-order valence-corrected chi connectivity index (χ1v) is 11.3. The molecular weight excluding hydrogens is 443 g/mol. The first kappa shape index (κ1) is 22.3. The van der Waals surface area contributed by atoms with Gasteiger partial charge in [0, 0.05) is 26.2 Å². The second-order valence-electron chi connectivity index (χ2n) is 7.46. The summed E-state index contributed by atoms with van der Waals surface area (Å²) in [7, 11) is -3.69. The Morgan fingerprint density at radius 1 is 0.875 bits per heavy atom. The van der Waals surface area contributed by atoms with Gasteiger partial charge in [0.2, 0.25) is 15.9 Å². The molecule has 3 aromatic rings. The van der Waals surface area contributed by atoms with Crippen molar-refractivity contribution in [2.24, 2.45) is 0 Å². The van der Waals surface area contributed by atoms with Gasteiger partial charge in [0.05, 0.1) is 17.1 Å². The van der Waals surface area contributed by atoms with Crippen molar-refractivity contribution in [3.8, 4) is 0 Å². The van der Waals surface area contributed by atoms with E-state index in [-0.39, 0.29) is 24.5 Å². The molecule has 0 unspecified atom stereocenters. The van der Waals surface area contributed by atoms with E-state index in [1.807, 2.05) is 24.3 Å². The molecule has 0 aliphatic carbocycles. The molecular formula is C22H20F3N3O3S. The van der Waals surface area contributed by atoms with E-state index < -0.39 is 39.1 Å². The Bertz CT molecular complexity index is 1280. The number of carbonyl (C=O) groups excluding carboxylic acids is 1. The third-order valence-electron chi connectivity index (χ3n) is 5.37. The number of piperazine rings is 1. The molecule has 3 aromatic carbocycles. The predicted octanol–water partition coefficient (Wildman–Crippen LogP) is 3.20. The van der Waals surface area contributed by atoms with Crippen LogP contribution in [0.25, 0.3) is 10.8 Å². The number of rotatable bonds is 5. The van der Waals surface area contributed by atoms with Crippen molar-refractivity contribution in [2.45, 2.75) is 4.90 Å². The SMILES string of the molecule is O=C(CN1CCN(S(=O)(=O)c2ccc3ccccc3c2)CC1)Nc1ccc(F)c(F)c1F. The first-order valence-electron chi connectivity index (χ1n) is 9.90. The number of anilines is 1. The van der Waals surface area contributed by atoms with Crippen LogP contribution in [0.3, 0.4) is 0 Å². The molecule has 1 N–H and O–H groups in total. The zero-order valence-electron chi connectivity index (χ0n) is 16.9. The van der Waals surface area contributed by atoms with Gasteiger partial charge in [-0.15, -0.1) is 0 Å². The monoisotopic (exact) mass is 463 g/mol. The van der Waals surface area contributed by atoms with Crippen LogP contribution in [0.5, 0.6) is 0 Å². The lowest BCUT2D eigenvalue weighted by molar-refractivity contribution is -0.117. The van der Waals surface area contributed by atoms with Gasteiger partial charge >= 0.3 is 0 Å². The van der Waals surface area contributed by atoms with E-state index in [4.69, 9.17) is 0 Å². The van der Waals surface area contributed by atoms with Gasteiger partial charge in [0.1, 0.15) is 0 Å². The Labute approximate surface area is 183 Å². The summed E-state index contributed by atoms with van der Waals surface area (Å²) in [5.41, 5.74) is -0.452. The van der Waals surface area contributed by atoms with Crippen LogP contribution in [0.1, 0.15) is 0 Å². The van der Waals surface area contributed by atoms with Crippen molar-refractivity contribution >= 4 is 32.4 Å². The largest absolute Gasteiger partial charge is 0.322 e. The molecule has 1 aliphatic heterocycles. The molecule has 10 heteroatoms. The molecule has 0 spiro atoms. The maximum absolute atomic E-state index is 13.7. The van der Waals surface area contributed by atoms with Crippen LogP contribution < -0.4 is 5.32 Å². The number of nitrogens with zero attached hydrogens (tertiary/aromatic N) is 2. The Morgan fingerprint density at radius 2 is 1.56 bits per heavy atom. The number of nitrogens with one attached hydrogen (secondary N) is 1. The molecule has 0 aromatic heterocycles. The minimum absolute atomic E-state index is 0.137. The van der Waals surface area contributed by atoms with E-state index in [9.17, 15) is 26.4 Å². The highest BCUT2D eigenvalue weighted by Crippen LogP contribution is 2.23. The standard InChI is InChI=1S/C22H20F3N3O3S/c23-18-7-8-19(22(25)21(18)24)26-20(29)14-27-9-11-28(12-10-27)32(30,31)17-6-5-15-3-1-2-4-16(15)13-17/h1-8,13H,9-12,14H2,(H,26,29). The summed E-state index contributed by atoms with van der Waals surface area (Å²) in [4.78, 5) is 14.1. The molecule has 4 rings (SSSR count). The van der Waals surface area contributed by atoms with Crippen LogP contribution in [-0.2, 0) is 14.8 Å². The predicted molar refractivity (Wildman–Crippen MR) is 114 cm³/mol. The number of hydrogen-bond acceptors (Lipinski definition) is 4. The highest BCUT2D eigenvalue weighted by atomic mass is 32.2. The van der Waals surface area contributed by atoms with Crippen LogP contribution >= 0.6 is 0 Å². The van der Waals surface area contributed by atoms with Crippen molar-refractivity contribution in [3.05, 3.63) is 72.0 Å². The Kier molecular flexibility index (Phi) is 6.18. The average Bonchev–Trinajstić information content (AvgIpc) is 2.79. The molecule has 0 saturated carbocycles. The summed E-state index contributed by atoms with van der Waals surface area (Å²) in [5.74, 6) is -5.08. The van der Waals surface area contributed by atoms with E-state index >= 15 is 0 Å². The molecule has 1 aliphatic rings. The molecule has 1 amide bonds. The maximum Gasteiger partial charge on any atom is 0.243 e. The Hall–Kier alpha value is -2.95. The number of amides is 1. The Morgan fingerprint density at radius 3 is 2.28 bits per heavy atom. The molecule has 0 bridgehead atoms. The van der Waals surface area contributed by atoms with Gasteiger partial charge in [0.15, 0.2) is 17.5 Å². The second-order valence-corrected chi connectivity index (χ2v) is 9.40. The normalized spacial score (nSPS) is 15.7. The molecule has 168 valence electrons.